The predicted octanol–water partition coefficient (Wildman–Crippen LogP) is 3.43. The number of carbonyl (C=O) groups excluding carboxylic acids is 1. The maximum Gasteiger partial charge on any atom is 0.243 e. The number of benzene rings is 1. The molecule has 1 aliphatic carbocycles. The van der Waals surface area contributed by atoms with E-state index < -0.39 is 10.0 Å². The van der Waals surface area contributed by atoms with Crippen LogP contribution in [0.2, 0.25) is 0 Å². The van der Waals surface area contributed by atoms with Crippen molar-refractivity contribution in [2.45, 2.75) is 63.8 Å². The van der Waals surface area contributed by atoms with Crippen molar-refractivity contribution in [2.75, 3.05) is 19.7 Å². The minimum absolute atomic E-state index is 0.0917. The molecule has 0 aromatic heterocycles. The van der Waals surface area contributed by atoms with Gasteiger partial charge in [0.2, 0.25) is 15.9 Å². The number of nitrogens with zero attached hydrogens (tertiary/aromatic N) is 1. The van der Waals surface area contributed by atoms with Crippen LogP contribution in [0.25, 0.3) is 0 Å². The lowest BCUT2D eigenvalue weighted by Gasteiger charge is -2.36. The molecule has 0 bridgehead atoms. The molecule has 3 unspecified atom stereocenters. The molecule has 1 heterocycles. The van der Waals surface area contributed by atoms with Crippen molar-refractivity contribution in [1.82, 2.24) is 9.62 Å². The molecule has 0 spiro atoms. The minimum Gasteiger partial charge on any atom is -0.494 e. The van der Waals surface area contributed by atoms with E-state index in [-0.39, 0.29) is 22.8 Å². The number of rotatable bonds is 6. The summed E-state index contributed by atoms with van der Waals surface area (Å²) < 4.78 is 32.7. The monoisotopic (exact) mass is 422 g/mol. The molecule has 2 aliphatic rings. The zero-order valence-electron chi connectivity index (χ0n) is 17.8. The highest BCUT2D eigenvalue weighted by molar-refractivity contribution is 7.89. The van der Waals surface area contributed by atoms with Crippen molar-refractivity contribution in [3.8, 4) is 5.75 Å². The fraction of sp³-hybridized carbons (Fsp3) is 0.682. The Balaban J connectivity index is 1.55. The van der Waals surface area contributed by atoms with Gasteiger partial charge in [0.25, 0.3) is 0 Å². The summed E-state index contributed by atoms with van der Waals surface area (Å²) in [6.45, 7) is 7.67. The van der Waals surface area contributed by atoms with E-state index in [1.807, 2.05) is 6.92 Å². The van der Waals surface area contributed by atoms with Crippen LogP contribution in [-0.2, 0) is 14.8 Å². The molecule has 1 aromatic rings. The Kier molecular flexibility index (Phi) is 7.22. The second-order valence-corrected chi connectivity index (χ2v) is 10.4. The van der Waals surface area contributed by atoms with Crippen molar-refractivity contribution in [3.63, 3.8) is 0 Å². The SMILES string of the molecule is CCOc1ccc(S(=O)(=O)N2CCC(C(=O)NC3CCCC(C)C3C)CC2)cc1. The van der Waals surface area contributed by atoms with Gasteiger partial charge in [0.05, 0.1) is 11.5 Å². The number of amides is 1. The van der Waals surface area contributed by atoms with Gasteiger partial charge < -0.3 is 10.1 Å². The number of carbonyl (C=O) groups is 1. The van der Waals surface area contributed by atoms with Crippen LogP contribution >= 0.6 is 0 Å². The quantitative estimate of drug-likeness (QED) is 0.762. The lowest BCUT2D eigenvalue weighted by molar-refractivity contribution is -0.127. The zero-order valence-corrected chi connectivity index (χ0v) is 18.6. The molecular formula is C22H34N2O4S. The van der Waals surface area contributed by atoms with E-state index in [9.17, 15) is 13.2 Å². The molecule has 1 aromatic carbocycles. The van der Waals surface area contributed by atoms with Gasteiger partial charge in [0.1, 0.15) is 5.75 Å². The highest BCUT2D eigenvalue weighted by atomic mass is 32.2. The summed E-state index contributed by atoms with van der Waals surface area (Å²) in [5.41, 5.74) is 0. The Morgan fingerprint density at radius 3 is 2.38 bits per heavy atom. The van der Waals surface area contributed by atoms with E-state index in [4.69, 9.17) is 4.74 Å². The zero-order chi connectivity index (χ0) is 21.0. The summed E-state index contributed by atoms with van der Waals surface area (Å²) in [4.78, 5) is 13.0. The first-order valence-electron chi connectivity index (χ1n) is 10.9. The van der Waals surface area contributed by atoms with Crippen LogP contribution in [-0.4, -0.2) is 44.4 Å². The van der Waals surface area contributed by atoms with Crippen LogP contribution < -0.4 is 10.1 Å². The lowest BCUT2D eigenvalue weighted by atomic mass is 9.78. The van der Waals surface area contributed by atoms with Crippen LogP contribution in [0.3, 0.4) is 0 Å². The van der Waals surface area contributed by atoms with E-state index in [2.05, 4.69) is 19.2 Å². The standard InChI is InChI=1S/C22H34N2O4S/c1-4-28-19-8-10-20(11-9-19)29(26,27)24-14-12-18(13-15-24)22(25)23-21-7-5-6-16(2)17(21)3/h8-11,16-18,21H,4-7,12-15H2,1-3H3,(H,23,25). The van der Waals surface area contributed by atoms with Crippen LogP contribution in [0.5, 0.6) is 5.75 Å². The maximum atomic E-state index is 12.9. The molecule has 0 radical (unpaired) electrons. The van der Waals surface area contributed by atoms with E-state index in [1.165, 1.54) is 10.7 Å². The third kappa shape index (κ3) is 5.12. The van der Waals surface area contributed by atoms with Gasteiger partial charge in [-0.15, -0.1) is 0 Å². The third-order valence-electron chi connectivity index (χ3n) is 6.63. The molecule has 1 aliphatic heterocycles. The van der Waals surface area contributed by atoms with Crippen molar-refractivity contribution in [3.05, 3.63) is 24.3 Å². The number of hydrogen-bond donors (Lipinski definition) is 1. The van der Waals surface area contributed by atoms with Gasteiger partial charge in [-0.05, 0) is 62.3 Å². The summed E-state index contributed by atoms with van der Waals surface area (Å²) in [5, 5.41) is 3.25. The molecule has 6 nitrogen and oxygen atoms in total. The van der Waals surface area contributed by atoms with E-state index >= 15 is 0 Å². The first kappa shape index (κ1) is 22.1. The highest BCUT2D eigenvalue weighted by Gasteiger charge is 2.34. The van der Waals surface area contributed by atoms with Gasteiger partial charge in [-0.25, -0.2) is 8.42 Å². The first-order valence-corrected chi connectivity index (χ1v) is 12.3. The maximum absolute atomic E-state index is 12.9. The molecule has 1 saturated heterocycles. The molecule has 3 atom stereocenters. The topological polar surface area (TPSA) is 75.7 Å². The molecule has 1 saturated carbocycles. The highest BCUT2D eigenvalue weighted by Crippen LogP contribution is 2.30. The summed E-state index contributed by atoms with van der Waals surface area (Å²) in [7, 11) is -3.54. The number of sulfonamides is 1. The normalized spacial score (nSPS) is 26.8. The van der Waals surface area contributed by atoms with Crippen molar-refractivity contribution in [1.29, 1.82) is 0 Å². The average molecular weight is 423 g/mol. The van der Waals surface area contributed by atoms with Gasteiger partial charge in [-0.1, -0.05) is 26.7 Å². The number of hydrogen-bond acceptors (Lipinski definition) is 4. The van der Waals surface area contributed by atoms with Crippen LogP contribution in [0.4, 0.5) is 0 Å². The van der Waals surface area contributed by atoms with Gasteiger partial charge in [-0.3, -0.25) is 4.79 Å². The van der Waals surface area contributed by atoms with E-state index in [0.29, 0.717) is 50.1 Å². The van der Waals surface area contributed by atoms with E-state index in [0.717, 1.165) is 12.8 Å². The Morgan fingerprint density at radius 2 is 1.76 bits per heavy atom. The predicted molar refractivity (Wildman–Crippen MR) is 113 cm³/mol. The molecule has 7 heteroatoms. The number of piperidine rings is 1. The summed E-state index contributed by atoms with van der Waals surface area (Å²) in [6.07, 6.45) is 4.57. The minimum atomic E-state index is -3.54. The number of ether oxygens (including phenoxy) is 1. The van der Waals surface area contributed by atoms with Crippen molar-refractivity contribution in [2.24, 2.45) is 17.8 Å². The molecule has 1 N–H and O–H groups in total. The van der Waals surface area contributed by atoms with Crippen LogP contribution in [0.15, 0.2) is 29.2 Å². The van der Waals surface area contributed by atoms with Crippen molar-refractivity contribution < 1.29 is 17.9 Å². The fourth-order valence-corrected chi connectivity index (χ4v) is 5.94. The molecule has 3 rings (SSSR count). The van der Waals surface area contributed by atoms with Crippen LogP contribution in [0.1, 0.15) is 52.9 Å². The molecule has 1 amide bonds. The Morgan fingerprint density at radius 1 is 1.10 bits per heavy atom. The molecular weight excluding hydrogens is 388 g/mol. The van der Waals surface area contributed by atoms with Crippen molar-refractivity contribution >= 4 is 15.9 Å². The summed E-state index contributed by atoms with van der Waals surface area (Å²) in [6, 6.07) is 6.79. The summed E-state index contributed by atoms with van der Waals surface area (Å²) in [5.74, 6) is 1.77. The second kappa shape index (κ2) is 9.47. The Hall–Kier alpha value is -1.60. The van der Waals surface area contributed by atoms with Gasteiger partial charge in [-0.2, -0.15) is 4.31 Å². The fourth-order valence-electron chi connectivity index (χ4n) is 4.47. The first-order chi connectivity index (χ1) is 13.8. The third-order valence-corrected chi connectivity index (χ3v) is 8.54. The van der Waals surface area contributed by atoms with Gasteiger partial charge in [0, 0.05) is 25.0 Å². The lowest BCUT2D eigenvalue weighted by Crippen LogP contribution is -2.48. The Labute approximate surface area is 175 Å². The second-order valence-electron chi connectivity index (χ2n) is 8.47. The smallest absolute Gasteiger partial charge is 0.243 e. The number of nitrogens with one attached hydrogen (secondary N) is 1. The van der Waals surface area contributed by atoms with Crippen LogP contribution in [0, 0.1) is 17.8 Å². The molecule has 2 fully saturated rings. The van der Waals surface area contributed by atoms with Gasteiger partial charge in [0.15, 0.2) is 0 Å². The summed E-state index contributed by atoms with van der Waals surface area (Å²) >= 11 is 0. The average Bonchev–Trinajstić information content (AvgIpc) is 2.72. The molecule has 29 heavy (non-hydrogen) atoms. The molecule has 162 valence electrons. The Bertz CT molecular complexity index is 786. The largest absolute Gasteiger partial charge is 0.494 e. The van der Waals surface area contributed by atoms with Gasteiger partial charge >= 0.3 is 0 Å². The van der Waals surface area contributed by atoms with E-state index in [1.54, 1.807) is 24.3 Å².